The van der Waals surface area contributed by atoms with Gasteiger partial charge in [-0.3, -0.25) is 4.79 Å². The number of hydrogen-bond donors (Lipinski definition) is 2. The molecule has 0 saturated carbocycles. The third kappa shape index (κ3) is 3.59. The van der Waals surface area contributed by atoms with Crippen LogP contribution in [0.1, 0.15) is 31.0 Å². The fourth-order valence-electron chi connectivity index (χ4n) is 3.50. The minimum absolute atomic E-state index is 0.198. The van der Waals surface area contributed by atoms with E-state index in [4.69, 9.17) is 4.74 Å². The molecule has 1 aliphatic heterocycles. The molecule has 4 rings (SSSR count). The molecule has 0 bridgehead atoms. The average molecular weight is 389 g/mol. The van der Waals surface area contributed by atoms with E-state index in [2.05, 4.69) is 20.7 Å². The van der Waals surface area contributed by atoms with Crippen LogP contribution in [0.25, 0.3) is 0 Å². The summed E-state index contributed by atoms with van der Waals surface area (Å²) in [5.41, 5.74) is 4.02. The molecule has 7 heteroatoms. The number of amides is 1. The Hall–Kier alpha value is -3.61. The molecule has 1 aromatic heterocycles. The number of anilines is 2. The van der Waals surface area contributed by atoms with E-state index in [1.807, 2.05) is 69.3 Å². The second kappa shape index (κ2) is 7.79. The number of hydrogen-bond acceptors (Lipinski definition) is 5. The molecule has 148 valence electrons. The first-order chi connectivity index (χ1) is 14.1. The van der Waals surface area contributed by atoms with Crippen LogP contribution in [0, 0.1) is 6.92 Å². The summed E-state index contributed by atoms with van der Waals surface area (Å²) < 4.78 is 7.56. The summed E-state index contributed by atoms with van der Waals surface area (Å²) in [5.74, 6) is 1.11. The second-order valence-electron chi connectivity index (χ2n) is 6.89. The van der Waals surface area contributed by atoms with Gasteiger partial charge in [0.15, 0.2) is 0 Å². The van der Waals surface area contributed by atoms with Crippen molar-refractivity contribution in [2.75, 3.05) is 17.2 Å². The van der Waals surface area contributed by atoms with Crippen LogP contribution in [0.5, 0.6) is 5.75 Å². The van der Waals surface area contributed by atoms with Gasteiger partial charge in [0.05, 0.1) is 12.2 Å². The van der Waals surface area contributed by atoms with Crippen LogP contribution in [0.3, 0.4) is 0 Å². The Morgan fingerprint density at radius 3 is 2.69 bits per heavy atom. The smallest absolute Gasteiger partial charge is 0.255 e. The predicted molar refractivity (Wildman–Crippen MR) is 112 cm³/mol. The quantitative estimate of drug-likeness (QED) is 0.691. The standard InChI is InChI=1S/C22H23N5O2/c1-4-29-18-8-6-5-7-17(18)20-19(15(3)25-22-23-13-24-27(20)22)21(28)26-16-11-9-14(2)10-12-16/h5-13,20H,4H2,1-3H3,(H,26,28)(H,23,24,25). The lowest BCUT2D eigenvalue weighted by Crippen LogP contribution is -2.31. The first-order valence-electron chi connectivity index (χ1n) is 9.55. The van der Waals surface area contributed by atoms with Crippen LogP contribution in [-0.2, 0) is 4.79 Å². The van der Waals surface area contributed by atoms with Crippen LogP contribution in [-0.4, -0.2) is 27.3 Å². The molecule has 0 fully saturated rings. The highest BCUT2D eigenvalue weighted by molar-refractivity contribution is 6.06. The van der Waals surface area contributed by atoms with Crippen molar-refractivity contribution in [3.8, 4) is 5.75 Å². The molecule has 1 amide bonds. The number of allylic oxidation sites excluding steroid dienone is 1. The van der Waals surface area contributed by atoms with Gasteiger partial charge in [-0.15, -0.1) is 0 Å². The molecule has 0 saturated heterocycles. The van der Waals surface area contributed by atoms with E-state index in [1.165, 1.54) is 6.33 Å². The Morgan fingerprint density at radius 2 is 1.93 bits per heavy atom. The average Bonchev–Trinajstić information content (AvgIpc) is 3.17. The molecule has 2 aromatic carbocycles. The number of fused-ring (bicyclic) bond motifs is 1. The van der Waals surface area contributed by atoms with Crippen LogP contribution in [0.2, 0.25) is 0 Å². The number of benzene rings is 2. The summed E-state index contributed by atoms with van der Waals surface area (Å²) in [6, 6.07) is 15.0. The van der Waals surface area contributed by atoms with Gasteiger partial charge in [0.25, 0.3) is 5.91 Å². The molecule has 1 unspecified atom stereocenters. The van der Waals surface area contributed by atoms with Crippen molar-refractivity contribution >= 4 is 17.5 Å². The molecule has 1 atom stereocenters. The highest BCUT2D eigenvalue weighted by Crippen LogP contribution is 2.39. The van der Waals surface area contributed by atoms with Crippen LogP contribution >= 0.6 is 0 Å². The molecule has 0 spiro atoms. The van der Waals surface area contributed by atoms with E-state index < -0.39 is 6.04 Å². The minimum Gasteiger partial charge on any atom is -0.494 e. The summed E-state index contributed by atoms with van der Waals surface area (Å²) in [5, 5.41) is 10.6. The Balaban J connectivity index is 1.78. The number of aryl methyl sites for hydroxylation is 1. The van der Waals surface area contributed by atoms with Gasteiger partial charge in [-0.2, -0.15) is 10.1 Å². The maximum Gasteiger partial charge on any atom is 0.255 e. The van der Waals surface area contributed by atoms with E-state index in [-0.39, 0.29) is 5.91 Å². The van der Waals surface area contributed by atoms with E-state index in [9.17, 15) is 4.79 Å². The zero-order valence-electron chi connectivity index (χ0n) is 16.6. The number of rotatable bonds is 5. The van der Waals surface area contributed by atoms with E-state index in [1.54, 1.807) is 4.68 Å². The Kier molecular flexibility index (Phi) is 5.03. The van der Waals surface area contributed by atoms with Gasteiger partial charge in [-0.25, -0.2) is 4.68 Å². The lowest BCUT2D eigenvalue weighted by Gasteiger charge is -2.29. The molecule has 7 nitrogen and oxygen atoms in total. The largest absolute Gasteiger partial charge is 0.494 e. The predicted octanol–water partition coefficient (Wildman–Crippen LogP) is 3.91. The van der Waals surface area contributed by atoms with Gasteiger partial charge in [0.1, 0.15) is 18.1 Å². The third-order valence-corrected chi connectivity index (χ3v) is 4.86. The van der Waals surface area contributed by atoms with Crippen molar-refractivity contribution in [2.24, 2.45) is 0 Å². The number of aromatic nitrogens is 3. The van der Waals surface area contributed by atoms with Crippen molar-refractivity contribution in [2.45, 2.75) is 26.8 Å². The fourth-order valence-corrected chi connectivity index (χ4v) is 3.50. The lowest BCUT2D eigenvalue weighted by molar-refractivity contribution is -0.113. The van der Waals surface area contributed by atoms with Crippen molar-refractivity contribution in [1.29, 1.82) is 0 Å². The fraction of sp³-hybridized carbons (Fsp3) is 0.227. The monoisotopic (exact) mass is 389 g/mol. The molecule has 29 heavy (non-hydrogen) atoms. The Morgan fingerprint density at radius 1 is 1.17 bits per heavy atom. The topological polar surface area (TPSA) is 81.1 Å². The second-order valence-corrected chi connectivity index (χ2v) is 6.89. The lowest BCUT2D eigenvalue weighted by atomic mass is 9.94. The van der Waals surface area contributed by atoms with E-state index >= 15 is 0 Å². The number of para-hydroxylation sites is 1. The molecule has 3 aromatic rings. The van der Waals surface area contributed by atoms with Crippen molar-refractivity contribution in [1.82, 2.24) is 14.8 Å². The van der Waals surface area contributed by atoms with Gasteiger partial charge in [0, 0.05) is 16.9 Å². The Labute approximate surface area is 169 Å². The maximum absolute atomic E-state index is 13.3. The van der Waals surface area contributed by atoms with E-state index in [0.717, 1.165) is 28.3 Å². The number of carbonyl (C=O) groups excluding carboxylic acids is 1. The molecular weight excluding hydrogens is 366 g/mol. The van der Waals surface area contributed by atoms with Crippen LogP contribution in [0.4, 0.5) is 11.6 Å². The number of ether oxygens (including phenoxy) is 1. The summed E-state index contributed by atoms with van der Waals surface area (Å²) >= 11 is 0. The highest BCUT2D eigenvalue weighted by Gasteiger charge is 2.35. The van der Waals surface area contributed by atoms with Gasteiger partial charge < -0.3 is 15.4 Å². The molecule has 0 aliphatic carbocycles. The maximum atomic E-state index is 13.3. The van der Waals surface area contributed by atoms with Crippen molar-refractivity contribution in [3.63, 3.8) is 0 Å². The summed E-state index contributed by atoms with van der Waals surface area (Å²) in [6.07, 6.45) is 1.48. The van der Waals surface area contributed by atoms with Gasteiger partial charge in [-0.05, 0) is 39.0 Å². The molecule has 2 heterocycles. The zero-order valence-corrected chi connectivity index (χ0v) is 16.6. The number of nitrogens with one attached hydrogen (secondary N) is 2. The van der Waals surface area contributed by atoms with Crippen LogP contribution < -0.4 is 15.4 Å². The first kappa shape index (κ1) is 18.7. The molecular formula is C22H23N5O2. The SMILES string of the molecule is CCOc1ccccc1C1C(C(=O)Nc2ccc(C)cc2)=C(C)Nc2ncnn21. The summed E-state index contributed by atoms with van der Waals surface area (Å²) in [6.45, 7) is 6.35. The normalized spacial score (nSPS) is 15.5. The minimum atomic E-state index is -0.457. The number of carbonyl (C=O) groups is 1. The molecule has 1 aliphatic rings. The third-order valence-electron chi connectivity index (χ3n) is 4.86. The van der Waals surface area contributed by atoms with E-state index in [0.29, 0.717) is 18.1 Å². The summed E-state index contributed by atoms with van der Waals surface area (Å²) in [4.78, 5) is 17.6. The van der Waals surface area contributed by atoms with Crippen molar-refractivity contribution in [3.05, 3.63) is 77.3 Å². The summed E-state index contributed by atoms with van der Waals surface area (Å²) in [7, 11) is 0. The van der Waals surface area contributed by atoms with Crippen molar-refractivity contribution < 1.29 is 9.53 Å². The molecule has 0 radical (unpaired) electrons. The zero-order chi connectivity index (χ0) is 20.4. The van der Waals surface area contributed by atoms with Gasteiger partial charge >= 0.3 is 0 Å². The van der Waals surface area contributed by atoms with Crippen LogP contribution in [0.15, 0.2) is 66.1 Å². The van der Waals surface area contributed by atoms with Gasteiger partial charge in [0.2, 0.25) is 5.95 Å². The first-order valence-corrected chi connectivity index (χ1v) is 9.55. The molecule has 2 N–H and O–H groups in total. The Bertz CT molecular complexity index is 1070. The number of nitrogens with zero attached hydrogens (tertiary/aromatic N) is 3. The van der Waals surface area contributed by atoms with Gasteiger partial charge in [-0.1, -0.05) is 35.9 Å². The highest BCUT2D eigenvalue weighted by atomic mass is 16.5.